The van der Waals surface area contributed by atoms with E-state index in [2.05, 4.69) is 10.4 Å². The standard InChI is InChI=1S/C10H17N5O2/c1-4-15-9(7(11)5-13-15)10(17)14(3)6-8(16)12-2/h5H,4,6,11H2,1-3H3,(H,12,16). The summed E-state index contributed by atoms with van der Waals surface area (Å²) in [6.45, 7) is 2.40. The van der Waals surface area contributed by atoms with Gasteiger partial charge in [0.05, 0.1) is 18.4 Å². The van der Waals surface area contributed by atoms with Gasteiger partial charge < -0.3 is 16.0 Å². The number of hydrogen-bond acceptors (Lipinski definition) is 4. The van der Waals surface area contributed by atoms with Gasteiger partial charge in [-0.1, -0.05) is 0 Å². The van der Waals surface area contributed by atoms with Crippen LogP contribution in [0, 0.1) is 0 Å². The minimum Gasteiger partial charge on any atom is -0.396 e. The quantitative estimate of drug-likeness (QED) is 0.726. The van der Waals surface area contributed by atoms with Gasteiger partial charge in [-0.3, -0.25) is 14.3 Å². The highest BCUT2D eigenvalue weighted by molar-refractivity contribution is 5.98. The van der Waals surface area contributed by atoms with Crippen molar-refractivity contribution in [1.82, 2.24) is 20.0 Å². The van der Waals surface area contributed by atoms with Gasteiger partial charge in [-0.25, -0.2) is 0 Å². The lowest BCUT2D eigenvalue weighted by Gasteiger charge is -2.16. The van der Waals surface area contributed by atoms with Crippen LogP contribution < -0.4 is 11.1 Å². The highest BCUT2D eigenvalue weighted by Crippen LogP contribution is 2.12. The van der Waals surface area contributed by atoms with Crippen LogP contribution >= 0.6 is 0 Å². The third-order valence-corrected chi connectivity index (χ3v) is 2.38. The normalized spacial score (nSPS) is 10.1. The predicted molar refractivity (Wildman–Crippen MR) is 63.3 cm³/mol. The van der Waals surface area contributed by atoms with Crippen LogP contribution in [0.2, 0.25) is 0 Å². The molecule has 0 aromatic carbocycles. The highest BCUT2D eigenvalue weighted by Gasteiger charge is 2.21. The Hall–Kier alpha value is -2.05. The zero-order valence-electron chi connectivity index (χ0n) is 10.2. The lowest BCUT2D eigenvalue weighted by atomic mass is 10.3. The van der Waals surface area contributed by atoms with Gasteiger partial charge in [0.15, 0.2) is 0 Å². The molecule has 1 rings (SSSR count). The Morgan fingerprint density at radius 3 is 2.76 bits per heavy atom. The zero-order chi connectivity index (χ0) is 13.0. The predicted octanol–water partition coefficient (Wildman–Crippen LogP) is -0.697. The van der Waals surface area contributed by atoms with Crippen molar-refractivity contribution in [2.24, 2.45) is 0 Å². The van der Waals surface area contributed by atoms with Crippen LogP contribution in [-0.2, 0) is 11.3 Å². The molecule has 7 heteroatoms. The van der Waals surface area contributed by atoms with Crippen molar-refractivity contribution in [1.29, 1.82) is 0 Å². The Morgan fingerprint density at radius 2 is 2.24 bits per heavy atom. The minimum absolute atomic E-state index is 0.0103. The molecule has 3 N–H and O–H groups in total. The van der Waals surface area contributed by atoms with E-state index in [-0.39, 0.29) is 18.4 Å². The first-order valence-electron chi connectivity index (χ1n) is 5.28. The maximum Gasteiger partial charge on any atom is 0.274 e. The molecular formula is C10H17N5O2. The smallest absolute Gasteiger partial charge is 0.274 e. The Morgan fingerprint density at radius 1 is 1.59 bits per heavy atom. The Kier molecular flexibility index (Phi) is 4.08. The molecule has 0 atom stereocenters. The molecule has 0 fully saturated rings. The molecule has 0 saturated carbocycles. The molecular weight excluding hydrogens is 222 g/mol. The van der Waals surface area contributed by atoms with Gasteiger partial charge in [0.2, 0.25) is 5.91 Å². The number of aryl methyl sites for hydroxylation is 1. The second-order valence-electron chi connectivity index (χ2n) is 3.60. The van der Waals surface area contributed by atoms with Crippen molar-refractivity contribution >= 4 is 17.5 Å². The number of amides is 2. The molecule has 0 aliphatic rings. The van der Waals surface area contributed by atoms with Gasteiger partial charge in [-0.05, 0) is 6.92 Å². The third kappa shape index (κ3) is 2.74. The summed E-state index contributed by atoms with van der Waals surface area (Å²) in [5.74, 6) is -0.549. The van der Waals surface area contributed by atoms with E-state index in [1.807, 2.05) is 6.92 Å². The van der Waals surface area contributed by atoms with E-state index in [1.54, 1.807) is 7.05 Å². The minimum atomic E-state index is -0.314. The van der Waals surface area contributed by atoms with E-state index in [4.69, 9.17) is 5.73 Å². The summed E-state index contributed by atoms with van der Waals surface area (Å²) < 4.78 is 1.51. The van der Waals surface area contributed by atoms with E-state index in [0.29, 0.717) is 17.9 Å². The van der Waals surface area contributed by atoms with Crippen LogP contribution in [-0.4, -0.2) is 47.1 Å². The first-order chi connectivity index (χ1) is 8.01. The fourth-order valence-electron chi connectivity index (χ4n) is 1.42. The Balaban J connectivity index is 2.88. The van der Waals surface area contributed by atoms with Crippen molar-refractivity contribution in [3.8, 4) is 0 Å². The molecule has 0 aliphatic carbocycles. The number of nitrogens with zero attached hydrogens (tertiary/aromatic N) is 3. The van der Waals surface area contributed by atoms with E-state index in [0.717, 1.165) is 0 Å². The molecule has 0 aliphatic heterocycles. The SMILES string of the molecule is CCn1ncc(N)c1C(=O)N(C)CC(=O)NC. The number of likely N-dealkylation sites (N-methyl/N-ethyl adjacent to an activating group) is 2. The van der Waals surface area contributed by atoms with Gasteiger partial charge in [0.25, 0.3) is 5.91 Å². The first-order valence-corrected chi connectivity index (χ1v) is 5.28. The molecule has 1 heterocycles. The number of nitrogens with two attached hydrogens (primary N) is 1. The summed E-state index contributed by atoms with van der Waals surface area (Å²) in [6, 6.07) is 0. The van der Waals surface area contributed by atoms with E-state index in [9.17, 15) is 9.59 Å². The van der Waals surface area contributed by atoms with Crippen molar-refractivity contribution in [3.05, 3.63) is 11.9 Å². The van der Waals surface area contributed by atoms with Crippen molar-refractivity contribution < 1.29 is 9.59 Å². The molecule has 0 spiro atoms. The van der Waals surface area contributed by atoms with Crippen LogP contribution in [0.4, 0.5) is 5.69 Å². The van der Waals surface area contributed by atoms with Crippen molar-refractivity contribution in [3.63, 3.8) is 0 Å². The molecule has 0 bridgehead atoms. The van der Waals surface area contributed by atoms with E-state index >= 15 is 0 Å². The molecule has 17 heavy (non-hydrogen) atoms. The topological polar surface area (TPSA) is 93.2 Å². The first kappa shape index (κ1) is 13.0. The Labute approximate surface area is 99.6 Å². The number of anilines is 1. The lowest BCUT2D eigenvalue weighted by Crippen LogP contribution is -2.38. The maximum atomic E-state index is 12.1. The summed E-state index contributed by atoms with van der Waals surface area (Å²) in [5.41, 5.74) is 6.33. The molecule has 0 saturated heterocycles. The average molecular weight is 239 g/mol. The van der Waals surface area contributed by atoms with Gasteiger partial charge in [-0.2, -0.15) is 5.10 Å². The van der Waals surface area contributed by atoms with Crippen LogP contribution in [0.3, 0.4) is 0 Å². The van der Waals surface area contributed by atoms with Crippen LogP contribution in [0.15, 0.2) is 6.20 Å². The molecule has 2 amide bonds. The number of nitrogen functional groups attached to an aromatic ring is 1. The van der Waals surface area contributed by atoms with E-state index < -0.39 is 0 Å². The van der Waals surface area contributed by atoms with E-state index in [1.165, 1.54) is 22.8 Å². The van der Waals surface area contributed by atoms with Crippen LogP contribution in [0.5, 0.6) is 0 Å². The van der Waals surface area contributed by atoms with Gasteiger partial charge in [0, 0.05) is 20.6 Å². The fraction of sp³-hybridized carbons (Fsp3) is 0.500. The number of nitrogens with one attached hydrogen (secondary N) is 1. The number of carbonyl (C=O) groups is 2. The number of hydrogen-bond donors (Lipinski definition) is 2. The number of carbonyl (C=O) groups excluding carboxylic acids is 2. The van der Waals surface area contributed by atoms with Crippen molar-refractivity contribution in [2.75, 3.05) is 26.4 Å². The second kappa shape index (κ2) is 5.33. The number of aromatic nitrogens is 2. The van der Waals surface area contributed by atoms with Gasteiger partial charge >= 0.3 is 0 Å². The molecule has 7 nitrogen and oxygen atoms in total. The summed E-state index contributed by atoms with van der Waals surface area (Å²) >= 11 is 0. The highest BCUT2D eigenvalue weighted by atomic mass is 16.2. The van der Waals surface area contributed by atoms with Crippen LogP contribution in [0.25, 0.3) is 0 Å². The summed E-state index contributed by atoms with van der Waals surface area (Å²) in [5, 5.41) is 6.43. The summed E-state index contributed by atoms with van der Waals surface area (Å²) in [7, 11) is 3.06. The van der Waals surface area contributed by atoms with Crippen molar-refractivity contribution in [2.45, 2.75) is 13.5 Å². The average Bonchev–Trinajstić information content (AvgIpc) is 2.69. The monoisotopic (exact) mass is 239 g/mol. The number of rotatable bonds is 4. The fourth-order valence-corrected chi connectivity index (χ4v) is 1.42. The summed E-state index contributed by atoms with van der Waals surface area (Å²) in [4.78, 5) is 24.5. The molecule has 0 radical (unpaired) electrons. The molecule has 1 aromatic rings. The third-order valence-electron chi connectivity index (χ3n) is 2.38. The second-order valence-corrected chi connectivity index (χ2v) is 3.60. The lowest BCUT2D eigenvalue weighted by molar-refractivity contribution is -0.121. The molecule has 0 unspecified atom stereocenters. The van der Waals surface area contributed by atoms with Crippen LogP contribution in [0.1, 0.15) is 17.4 Å². The summed E-state index contributed by atoms with van der Waals surface area (Å²) in [6.07, 6.45) is 1.43. The van der Waals surface area contributed by atoms with Gasteiger partial charge in [0.1, 0.15) is 5.69 Å². The zero-order valence-corrected chi connectivity index (χ0v) is 10.2. The van der Waals surface area contributed by atoms with Gasteiger partial charge in [-0.15, -0.1) is 0 Å². The molecule has 1 aromatic heterocycles. The Bertz CT molecular complexity index is 426. The maximum absolute atomic E-state index is 12.1. The largest absolute Gasteiger partial charge is 0.396 e. The molecule has 94 valence electrons.